The molecule has 48 valence electrons. The van der Waals surface area contributed by atoms with E-state index >= 15 is 0 Å². The fraction of sp³-hybridized carbons (Fsp3) is 1.00. The van der Waals surface area contributed by atoms with Crippen LogP contribution >= 0.6 is 0 Å². The highest BCUT2D eigenvalue weighted by Gasteiger charge is 2.39. The summed E-state index contributed by atoms with van der Waals surface area (Å²) < 4.78 is 0. The number of nitrogens with zero attached hydrogens (tertiary/aromatic N) is 1. The van der Waals surface area contributed by atoms with Gasteiger partial charge in [-0.15, -0.1) is 0 Å². The monoisotopic (exact) mass is 114 g/mol. The van der Waals surface area contributed by atoms with Gasteiger partial charge in [0.15, 0.2) is 0 Å². The van der Waals surface area contributed by atoms with Crippen molar-refractivity contribution in [3.05, 3.63) is 0 Å². The van der Waals surface area contributed by atoms with E-state index in [2.05, 4.69) is 38.3 Å². The fourth-order valence-electron chi connectivity index (χ4n) is 0.839. The molecular weight excluding hydrogens is 100 g/mol. The van der Waals surface area contributed by atoms with Crippen molar-refractivity contribution in [3.63, 3.8) is 0 Å². The van der Waals surface area contributed by atoms with Crippen LogP contribution < -0.4 is 5.43 Å². The molecule has 1 N–H and O–H groups in total. The van der Waals surface area contributed by atoms with Crippen LogP contribution in [0.15, 0.2) is 0 Å². The Kier molecular flexibility index (Phi) is 1.10. The van der Waals surface area contributed by atoms with Crippen LogP contribution in [0.3, 0.4) is 0 Å². The molecule has 0 radical (unpaired) electrons. The van der Waals surface area contributed by atoms with E-state index in [1.807, 2.05) is 0 Å². The number of hydrogen-bond acceptors (Lipinski definition) is 2. The number of rotatable bonds is 0. The molecule has 0 saturated carbocycles. The number of nitrogens with one attached hydrogen (secondary N) is 1. The topological polar surface area (TPSA) is 15.3 Å². The Morgan fingerprint density at radius 2 is 2.00 bits per heavy atom. The van der Waals surface area contributed by atoms with Crippen molar-refractivity contribution >= 4 is 0 Å². The lowest BCUT2D eigenvalue weighted by Crippen LogP contribution is -2.72. The van der Waals surface area contributed by atoms with Crippen LogP contribution in [-0.2, 0) is 0 Å². The molecule has 0 aliphatic carbocycles. The third-order valence-electron chi connectivity index (χ3n) is 2.31. The smallest absolute Gasteiger partial charge is 0.0458 e. The molecule has 1 rings (SSSR count). The Bertz CT molecular complexity index is 88.7. The molecule has 0 aromatic rings. The maximum atomic E-state index is 3.23. The van der Waals surface area contributed by atoms with Gasteiger partial charge in [-0.25, -0.2) is 5.01 Å². The van der Waals surface area contributed by atoms with Gasteiger partial charge in [-0.2, -0.15) is 0 Å². The van der Waals surface area contributed by atoms with E-state index in [1.165, 1.54) is 0 Å². The lowest BCUT2D eigenvalue weighted by molar-refractivity contribution is -0.0637. The molecule has 1 fully saturated rings. The highest BCUT2D eigenvalue weighted by Crippen LogP contribution is 2.23. The molecule has 0 amide bonds. The average molecular weight is 114 g/mol. The van der Waals surface area contributed by atoms with Gasteiger partial charge in [0, 0.05) is 18.6 Å². The maximum Gasteiger partial charge on any atom is 0.0458 e. The van der Waals surface area contributed by atoms with Gasteiger partial charge in [0.2, 0.25) is 0 Å². The summed E-state index contributed by atoms with van der Waals surface area (Å²) in [5.41, 5.74) is 3.59. The van der Waals surface area contributed by atoms with E-state index in [-0.39, 0.29) is 0 Å². The standard InChI is InChI=1S/C6H14N2/c1-5-6(2,3)8(4)7-5/h5,7H,1-4H3. The molecule has 1 aliphatic rings. The van der Waals surface area contributed by atoms with Gasteiger partial charge in [0.05, 0.1) is 0 Å². The first kappa shape index (κ1) is 6.05. The van der Waals surface area contributed by atoms with Crippen molar-refractivity contribution in [1.82, 2.24) is 10.4 Å². The van der Waals surface area contributed by atoms with E-state index < -0.39 is 0 Å². The summed E-state index contributed by atoms with van der Waals surface area (Å²) in [6, 6.07) is 0.632. The van der Waals surface area contributed by atoms with E-state index in [4.69, 9.17) is 0 Å². The van der Waals surface area contributed by atoms with Crippen LogP contribution in [0.25, 0.3) is 0 Å². The van der Waals surface area contributed by atoms with Gasteiger partial charge in [0.25, 0.3) is 0 Å². The van der Waals surface area contributed by atoms with E-state index in [9.17, 15) is 0 Å². The van der Waals surface area contributed by atoms with Crippen LogP contribution in [0.2, 0.25) is 0 Å². The third kappa shape index (κ3) is 0.565. The van der Waals surface area contributed by atoms with Crippen LogP contribution in [0.1, 0.15) is 20.8 Å². The van der Waals surface area contributed by atoms with Crippen molar-refractivity contribution in [2.45, 2.75) is 32.4 Å². The molecule has 1 heterocycles. The molecule has 0 aromatic carbocycles. The number of likely N-dealkylation sites (N-methyl/N-ethyl adjacent to an activating group) is 1. The predicted octanol–water partition coefficient (Wildman–Crippen LogP) is 0.603. The summed E-state index contributed by atoms with van der Waals surface area (Å²) in [5, 5.41) is 2.14. The summed E-state index contributed by atoms with van der Waals surface area (Å²) in [7, 11) is 2.07. The van der Waals surface area contributed by atoms with Crippen LogP contribution in [-0.4, -0.2) is 23.6 Å². The molecule has 0 aromatic heterocycles. The lowest BCUT2D eigenvalue weighted by atomic mass is 9.92. The molecular formula is C6H14N2. The van der Waals surface area contributed by atoms with Crippen LogP contribution in [0.5, 0.6) is 0 Å². The predicted molar refractivity (Wildman–Crippen MR) is 34.4 cm³/mol. The molecule has 0 spiro atoms. The van der Waals surface area contributed by atoms with Gasteiger partial charge in [-0.1, -0.05) is 0 Å². The summed E-state index contributed by atoms with van der Waals surface area (Å²) in [6.45, 7) is 6.66. The first-order valence-electron chi connectivity index (χ1n) is 3.05. The lowest BCUT2D eigenvalue weighted by Gasteiger charge is -2.52. The fourth-order valence-corrected chi connectivity index (χ4v) is 0.839. The quantitative estimate of drug-likeness (QED) is 0.496. The second-order valence-corrected chi connectivity index (χ2v) is 3.06. The van der Waals surface area contributed by atoms with Gasteiger partial charge in [-0.05, 0) is 20.8 Å². The van der Waals surface area contributed by atoms with Gasteiger partial charge >= 0.3 is 0 Å². The normalized spacial score (nSPS) is 36.8. The van der Waals surface area contributed by atoms with Gasteiger partial charge in [-0.3, -0.25) is 5.43 Å². The summed E-state index contributed by atoms with van der Waals surface area (Å²) >= 11 is 0. The second kappa shape index (κ2) is 1.45. The van der Waals surface area contributed by atoms with Crippen molar-refractivity contribution in [2.24, 2.45) is 0 Å². The largest absolute Gasteiger partial charge is 0.250 e. The van der Waals surface area contributed by atoms with Crippen molar-refractivity contribution in [3.8, 4) is 0 Å². The zero-order chi connectivity index (χ0) is 6.36. The SMILES string of the molecule is CC1NN(C)C1(C)C. The Morgan fingerprint density at radius 1 is 1.50 bits per heavy atom. The number of hydrazine groups is 1. The molecule has 1 atom stereocenters. The third-order valence-corrected chi connectivity index (χ3v) is 2.31. The minimum Gasteiger partial charge on any atom is -0.250 e. The molecule has 2 nitrogen and oxygen atoms in total. The van der Waals surface area contributed by atoms with Crippen molar-refractivity contribution < 1.29 is 0 Å². The van der Waals surface area contributed by atoms with Crippen LogP contribution in [0, 0.1) is 0 Å². The Balaban J connectivity index is 2.52. The summed E-state index contributed by atoms with van der Waals surface area (Å²) in [4.78, 5) is 0. The number of hydrogen-bond donors (Lipinski definition) is 1. The highest BCUT2D eigenvalue weighted by atomic mass is 15.6. The van der Waals surface area contributed by atoms with E-state index in [1.54, 1.807) is 0 Å². The summed E-state index contributed by atoms with van der Waals surface area (Å²) in [5.74, 6) is 0. The Hall–Kier alpha value is -0.0800. The molecule has 1 saturated heterocycles. The van der Waals surface area contributed by atoms with E-state index in [0.29, 0.717) is 11.6 Å². The minimum atomic E-state index is 0.361. The maximum absolute atomic E-state index is 3.23. The molecule has 2 heteroatoms. The first-order chi connectivity index (χ1) is 3.55. The Morgan fingerprint density at radius 3 is 2.00 bits per heavy atom. The minimum absolute atomic E-state index is 0.361. The van der Waals surface area contributed by atoms with Gasteiger partial charge < -0.3 is 0 Å². The second-order valence-electron chi connectivity index (χ2n) is 3.06. The zero-order valence-electron chi connectivity index (χ0n) is 6.02. The molecule has 1 aliphatic heterocycles. The molecule has 0 bridgehead atoms. The van der Waals surface area contributed by atoms with Crippen molar-refractivity contribution in [1.29, 1.82) is 0 Å². The first-order valence-corrected chi connectivity index (χ1v) is 3.05. The van der Waals surface area contributed by atoms with E-state index in [0.717, 1.165) is 0 Å². The highest BCUT2D eigenvalue weighted by molar-refractivity contribution is 4.95. The Labute approximate surface area is 50.8 Å². The van der Waals surface area contributed by atoms with Crippen LogP contribution in [0.4, 0.5) is 0 Å². The van der Waals surface area contributed by atoms with Crippen molar-refractivity contribution in [2.75, 3.05) is 7.05 Å². The molecule has 1 unspecified atom stereocenters. The molecule has 8 heavy (non-hydrogen) atoms. The zero-order valence-corrected chi connectivity index (χ0v) is 6.02. The summed E-state index contributed by atoms with van der Waals surface area (Å²) in [6.07, 6.45) is 0. The van der Waals surface area contributed by atoms with Gasteiger partial charge in [0.1, 0.15) is 0 Å². The average Bonchev–Trinajstić information content (AvgIpc) is 1.68.